The molecule has 0 saturated heterocycles. The average molecular weight is 277 g/mol. The Kier molecular flexibility index (Phi) is 3.99. The second-order valence-corrected chi connectivity index (χ2v) is 5.47. The minimum absolute atomic E-state index is 0.493. The van der Waals surface area contributed by atoms with E-state index in [9.17, 15) is 0 Å². The summed E-state index contributed by atoms with van der Waals surface area (Å²) in [6.45, 7) is 9.70. The van der Waals surface area contributed by atoms with Crippen LogP contribution in [0.5, 0.6) is 0 Å². The Bertz CT molecular complexity index is 644. The van der Waals surface area contributed by atoms with E-state index in [1.807, 2.05) is 6.21 Å². The van der Waals surface area contributed by atoms with Crippen LogP contribution in [0.1, 0.15) is 30.8 Å². The van der Waals surface area contributed by atoms with Crippen molar-refractivity contribution < 1.29 is 0 Å². The van der Waals surface area contributed by atoms with Gasteiger partial charge in [-0.05, 0) is 38.0 Å². The van der Waals surface area contributed by atoms with Crippen LogP contribution in [-0.2, 0) is 6.54 Å². The third-order valence-electron chi connectivity index (χ3n) is 3.02. The molecule has 0 aliphatic rings. The molecular weight excluding hydrogens is 258 g/mol. The topological polar surface area (TPSA) is 50.9 Å². The number of aryl methyl sites for hydroxylation is 1. The summed E-state index contributed by atoms with van der Waals surface area (Å²) in [4.78, 5) is 0. The standard InChI is InChI=1S/C13H19N5S/c1-9(2)7-17-10(3)5-12(11(17)4)6-15-18-8-14-16-13(18)19/h5-6,8-9H,7H2,1-4H3,(H,16,19)/b15-6-. The third-order valence-corrected chi connectivity index (χ3v) is 3.30. The molecule has 6 heteroatoms. The van der Waals surface area contributed by atoms with Crippen molar-refractivity contribution in [1.29, 1.82) is 0 Å². The van der Waals surface area contributed by atoms with Crippen LogP contribution in [0.2, 0.25) is 0 Å². The molecule has 2 aromatic rings. The zero-order valence-electron chi connectivity index (χ0n) is 11.7. The SMILES string of the molecule is Cc1cc(/C=N\n2cn[nH]c2=S)c(C)n1CC(C)C. The lowest BCUT2D eigenvalue weighted by Crippen LogP contribution is -2.07. The van der Waals surface area contributed by atoms with Gasteiger partial charge in [-0.1, -0.05) is 13.8 Å². The van der Waals surface area contributed by atoms with Gasteiger partial charge in [0.1, 0.15) is 6.33 Å². The van der Waals surface area contributed by atoms with Crippen LogP contribution in [0, 0.1) is 24.5 Å². The molecule has 0 bridgehead atoms. The minimum Gasteiger partial charge on any atom is -0.348 e. The van der Waals surface area contributed by atoms with Crippen molar-refractivity contribution in [3.05, 3.63) is 34.1 Å². The number of nitrogens with one attached hydrogen (secondary N) is 1. The van der Waals surface area contributed by atoms with Crippen LogP contribution in [0.4, 0.5) is 0 Å². The number of hydrogen-bond donors (Lipinski definition) is 1. The molecule has 0 unspecified atom stereocenters. The van der Waals surface area contributed by atoms with E-state index in [1.165, 1.54) is 11.4 Å². The van der Waals surface area contributed by atoms with Gasteiger partial charge in [0.15, 0.2) is 0 Å². The second kappa shape index (κ2) is 5.52. The van der Waals surface area contributed by atoms with Gasteiger partial charge >= 0.3 is 0 Å². The first-order valence-corrected chi connectivity index (χ1v) is 6.73. The maximum atomic E-state index is 5.05. The Hall–Kier alpha value is -1.69. The maximum absolute atomic E-state index is 5.05. The van der Waals surface area contributed by atoms with E-state index in [2.05, 4.69) is 53.6 Å². The Balaban J connectivity index is 2.29. The number of H-pyrrole nitrogens is 1. The van der Waals surface area contributed by atoms with Crippen LogP contribution >= 0.6 is 12.2 Å². The van der Waals surface area contributed by atoms with Crippen molar-refractivity contribution in [1.82, 2.24) is 19.4 Å². The van der Waals surface area contributed by atoms with Crippen molar-refractivity contribution in [3.63, 3.8) is 0 Å². The van der Waals surface area contributed by atoms with Crippen LogP contribution in [-0.4, -0.2) is 25.7 Å². The Labute approximate surface area is 118 Å². The van der Waals surface area contributed by atoms with E-state index >= 15 is 0 Å². The lowest BCUT2D eigenvalue weighted by molar-refractivity contribution is 0.509. The molecule has 19 heavy (non-hydrogen) atoms. The van der Waals surface area contributed by atoms with Gasteiger partial charge in [-0.15, -0.1) is 0 Å². The lowest BCUT2D eigenvalue weighted by atomic mass is 10.2. The number of nitrogens with zero attached hydrogens (tertiary/aromatic N) is 4. The summed E-state index contributed by atoms with van der Waals surface area (Å²) in [5.41, 5.74) is 3.59. The van der Waals surface area contributed by atoms with E-state index in [4.69, 9.17) is 12.2 Å². The molecule has 0 saturated carbocycles. The van der Waals surface area contributed by atoms with Crippen molar-refractivity contribution in [2.75, 3.05) is 0 Å². The molecular formula is C13H19N5S. The number of aromatic amines is 1. The number of rotatable bonds is 4. The quantitative estimate of drug-likeness (QED) is 0.690. The second-order valence-electron chi connectivity index (χ2n) is 5.08. The molecule has 102 valence electrons. The largest absolute Gasteiger partial charge is 0.348 e. The lowest BCUT2D eigenvalue weighted by Gasteiger charge is -2.11. The molecule has 0 aromatic carbocycles. The smallest absolute Gasteiger partial charge is 0.216 e. The van der Waals surface area contributed by atoms with E-state index in [-0.39, 0.29) is 0 Å². The molecule has 5 nitrogen and oxygen atoms in total. The fourth-order valence-corrected chi connectivity index (χ4v) is 2.20. The van der Waals surface area contributed by atoms with E-state index in [0.29, 0.717) is 10.7 Å². The first kappa shape index (κ1) is 13.7. The monoisotopic (exact) mass is 277 g/mol. The first-order chi connectivity index (χ1) is 8.99. The molecule has 0 spiro atoms. The number of hydrogen-bond acceptors (Lipinski definition) is 3. The molecule has 0 atom stereocenters. The van der Waals surface area contributed by atoms with Gasteiger partial charge in [0.05, 0.1) is 6.21 Å². The van der Waals surface area contributed by atoms with Gasteiger partial charge in [-0.3, -0.25) is 5.10 Å². The normalized spacial score (nSPS) is 11.8. The summed E-state index contributed by atoms with van der Waals surface area (Å²) < 4.78 is 4.36. The zero-order valence-corrected chi connectivity index (χ0v) is 12.5. The predicted molar refractivity (Wildman–Crippen MR) is 79.1 cm³/mol. The van der Waals surface area contributed by atoms with E-state index < -0.39 is 0 Å². The molecule has 2 aromatic heterocycles. The molecule has 2 rings (SSSR count). The maximum Gasteiger partial charge on any atom is 0.216 e. The average Bonchev–Trinajstić information content (AvgIpc) is 2.85. The highest BCUT2D eigenvalue weighted by atomic mass is 32.1. The number of aromatic nitrogens is 4. The molecule has 0 amide bonds. The predicted octanol–water partition coefficient (Wildman–Crippen LogP) is 2.90. The molecule has 0 aliphatic heterocycles. The van der Waals surface area contributed by atoms with Gasteiger partial charge in [-0.25, -0.2) is 0 Å². The summed E-state index contributed by atoms with van der Waals surface area (Å²) in [6.07, 6.45) is 3.39. The molecule has 0 radical (unpaired) electrons. The molecule has 0 fully saturated rings. The Morgan fingerprint density at radius 2 is 2.21 bits per heavy atom. The summed E-state index contributed by atoms with van der Waals surface area (Å²) in [5.74, 6) is 0.622. The Morgan fingerprint density at radius 1 is 1.47 bits per heavy atom. The summed E-state index contributed by atoms with van der Waals surface area (Å²) >= 11 is 5.05. The van der Waals surface area contributed by atoms with E-state index in [1.54, 1.807) is 11.0 Å². The van der Waals surface area contributed by atoms with Gasteiger partial charge in [0.25, 0.3) is 0 Å². The van der Waals surface area contributed by atoms with Gasteiger partial charge in [-0.2, -0.15) is 14.9 Å². The van der Waals surface area contributed by atoms with Crippen molar-refractivity contribution in [2.24, 2.45) is 11.0 Å². The molecule has 0 aliphatic carbocycles. The summed E-state index contributed by atoms with van der Waals surface area (Å²) in [7, 11) is 0. The van der Waals surface area contributed by atoms with E-state index in [0.717, 1.165) is 12.1 Å². The summed E-state index contributed by atoms with van der Waals surface area (Å²) in [5, 5.41) is 10.8. The van der Waals surface area contributed by atoms with Crippen LogP contribution in [0.3, 0.4) is 0 Å². The van der Waals surface area contributed by atoms with Crippen LogP contribution < -0.4 is 0 Å². The van der Waals surface area contributed by atoms with Crippen molar-refractivity contribution in [2.45, 2.75) is 34.2 Å². The highest BCUT2D eigenvalue weighted by molar-refractivity contribution is 7.71. The van der Waals surface area contributed by atoms with Crippen LogP contribution in [0.25, 0.3) is 0 Å². The van der Waals surface area contributed by atoms with Crippen LogP contribution in [0.15, 0.2) is 17.5 Å². The highest BCUT2D eigenvalue weighted by Gasteiger charge is 2.08. The first-order valence-electron chi connectivity index (χ1n) is 6.32. The van der Waals surface area contributed by atoms with Gasteiger partial charge in [0, 0.05) is 23.5 Å². The highest BCUT2D eigenvalue weighted by Crippen LogP contribution is 2.15. The third kappa shape index (κ3) is 3.01. The fraction of sp³-hybridized carbons (Fsp3) is 0.462. The van der Waals surface area contributed by atoms with Gasteiger partial charge in [0.2, 0.25) is 4.77 Å². The van der Waals surface area contributed by atoms with Crippen molar-refractivity contribution >= 4 is 18.4 Å². The molecule has 1 N–H and O–H groups in total. The molecule has 2 heterocycles. The zero-order chi connectivity index (χ0) is 14.0. The fourth-order valence-electron chi connectivity index (χ4n) is 2.05. The Morgan fingerprint density at radius 3 is 2.79 bits per heavy atom. The minimum atomic E-state index is 0.493. The van der Waals surface area contributed by atoms with Crippen molar-refractivity contribution in [3.8, 4) is 0 Å². The summed E-state index contributed by atoms with van der Waals surface area (Å²) in [6, 6.07) is 2.14. The van der Waals surface area contributed by atoms with Gasteiger partial charge < -0.3 is 4.57 Å².